The Bertz CT molecular complexity index is 97.6. The summed E-state index contributed by atoms with van der Waals surface area (Å²) in [4.78, 5) is 0. The van der Waals surface area contributed by atoms with E-state index >= 15 is 0 Å². The molecule has 0 fully saturated rings. The van der Waals surface area contributed by atoms with Crippen LogP contribution in [-0.4, -0.2) is 0 Å². The van der Waals surface area contributed by atoms with Gasteiger partial charge in [0, 0.05) is 0 Å². The van der Waals surface area contributed by atoms with E-state index in [-0.39, 0.29) is 0 Å². The van der Waals surface area contributed by atoms with Gasteiger partial charge in [0.05, 0.1) is 12.4 Å². The Morgan fingerprint density at radius 3 is 2.00 bits per heavy atom. The second-order valence-corrected chi connectivity index (χ2v) is 0.744. The highest BCUT2D eigenvalue weighted by Crippen LogP contribution is 1.65. The highest BCUT2D eigenvalue weighted by Gasteiger charge is 1.60. The SMILES string of the molecule is C1=C=CNC=1. The van der Waals surface area contributed by atoms with Gasteiger partial charge in [-0.2, -0.15) is 0 Å². The molecule has 1 N–H and O–H groups in total. The van der Waals surface area contributed by atoms with Crippen LogP contribution in [0.4, 0.5) is 0 Å². The highest BCUT2D eigenvalue weighted by molar-refractivity contribution is 4.94. The van der Waals surface area contributed by atoms with Crippen molar-refractivity contribution in [3.63, 3.8) is 0 Å². The van der Waals surface area contributed by atoms with Crippen molar-refractivity contribution in [2.45, 2.75) is 0 Å². The normalized spacial score (nSPS) is 12.8. The van der Waals surface area contributed by atoms with Crippen LogP contribution >= 0.6 is 0 Å². The Morgan fingerprint density at radius 1 is 1.20 bits per heavy atom. The molecule has 5 heavy (non-hydrogen) atoms. The smallest absolute Gasteiger partial charge is 0.0527 e. The van der Waals surface area contributed by atoms with Crippen molar-refractivity contribution in [1.29, 1.82) is 0 Å². The summed E-state index contributed by atoms with van der Waals surface area (Å²) in [5.41, 5.74) is 5.36. The summed E-state index contributed by atoms with van der Waals surface area (Å²) >= 11 is 0. The van der Waals surface area contributed by atoms with Crippen LogP contribution < -0.4 is 5.32 Å². The fourth-order valence-electron chi connectivity index (χ4n) is 0.208. The summed E-state index contributed by atoms with van der Waals surface area (Å²) < 4.78 is 0. The van der Waals surface area contributed by atoms with Gasteiger partial charge in [0.1, 0.15) is 0 Å². The van der Waals surface area contributed by atoms with E-state index in [1.165, 1.54) is 0 Å². The molecule has 0 radical (unpaired) electrons. The molecule has 1 nitrogen and oxygen atoms in total. The minimum Gasteiger partial charge on any atom is -0.354 e. The van der Waals surface area contributed by atoms with Crippen molar-refractivity contribution in [2.75, 3.05) is 0 Å². The van der Waals surface area contributed by atoms with Crippen LogP contribution in [0.3, 0.4) is 0 Å². The van der Waals surface area contributed by atoms with Crippen molar-refractivity contribution < 1.29 is 0 Å². The molecule has 1 heterocycles. The molecule has 0 atom stereocenters. The molecule has 0 bridgehead atoms. The lowest BCUT2D eigenvalue weighted by Crippen LogP contribution is -1.82. The number of rotatable bonds is 0. The second kappa shape index (κ2) is 0.813. The first-order chi connectivity index (χ1) is 2.50. The van der Waals surface area contributed by atoms with E-state index in [4.69, 9.17) is 0 Å². The zero-order valence-corrected chi connectivity index (χ0v) is 2.65. The number of hydrogen-bond donors (Lipinski definition) is 1. The van der Waals surface area contributed by atoms with Gasteiger partial charge in [-0.15, -0.1) is 0 Å². The molecule has 0 aromatic carbocycles. The van der Waals surface area contributed by atoms with Crippen molar-refractivity contribution in [1.82, 2.24) is 5.32 Å². The van der Waals surface area contributed by atoms with Crippen LogP contribution in [0.15, 0.2) is 23.9 Å². The van der Waals surface area contributed by atoms with Gasteiger partial charge in [0.15, 0.2) is 0 Å². The largest absolute Gasteiger partial charge is 0.354 e. The number of hydrogen-bond acceptors (Lipinski definition) is 1. The average molecular weight is 65.1 g/mol. The molecule has 0 spiro atoms. The summed E-state index contributed by atoms with van der Waals surface area (Å²) in [5.74, 6) is 0. The predicted octanol–water partition coefficient (Wildman–Crippen LogP) is 0.371. The Balaban J connectivity index is 3.17. The van der Waals surface area contributed by atoms with E-state index in [1.807, 2.05) is 0 Å². The van der Waals surface area contributed by atoms with Crippen LogP contribution in [0.5, 0.6) is 0 Å². The van der Waals surface area contributed by atoms with Gasteiger partial charge in [0.25, 0.3) is 0 Å². The highest BCUT2D eigenvalue weighted by atomic mass is 14.8. The maximum absolute atomic E-state index is 2.75. The van der Waals surface area contributed by atoms with Crippen LogP contribution in [0.1, 0.15) is 0 Å². The molecule has 0 aliphatic carbocycles. The Labute approximate surface area is 30.3 Å². The lowest BCUT2D eigenvalue weighted by atomic mass is 10.9. The molecule has 0 amide bonds. The third kappa shape index (κ3) is 0.223. The van der Waals surface area contributed by atoms with E-state index in [1.54, 1.807) is 12.4 Å². The lowest BCUT2D eigenvalue weighted by molar-refractivity contribution is 1.23. The van der Waals surface area contributed by atoms with E-state index in [9.17, 15) is 0 Å². The Hall–Kier alpha value is -0.900. The number of nitrogens with one attached hydrogen (secondary N) is 1. The van der Waals surface area contributed by atoms with Crippen molar-refractivity contribution in [2.24, 2.45) is 0 Å². The fraction of sp³-hybridized carbons (Fsp3) is 0. The summed E-state index contributed by atoms with van der Waals surface area (Å²) in [6.07, 6.45) is 3.39. The molecule has 0 saturated heterocycles. The second-order valence-electron chi connectivity index (χ2n) is 0.744. The average Bonchev–Trinajstić information content (AvgIpc) is 1.76. The summed E-state index contributed by atoms with van der Waals surface area (Å²) in [6.45, 7) is 0. The van der Waals surface area contributed by atoms with Crippen molar-refractivity contribution >= 4 is 0 Å². The first-order valence-electron chi connectivity index (χ1n) is 1.40. The first kappa shape index (κ1) is 2.34. The third-order valence-electron chi connectivity index (χ3n) is 0.394. The fourth-order valence-corrected chi connectivity index (χ4v) is 0.208. The molecule has 0 saturated carbocycles. The monoisotopic (exact) mass is 65.0 g/mol. The lowest BCUT2D eigenvalue weighted by Gasteiger charge is -1.67. The topological polar surface area (TPSA) is 12.0 Å². The maximum Gasteiger partial charge on any atom is 0.0527 e. The van der Waals surface area contributed by atoms with Crippen molar-refractivity contribution in [3.8, 4) is 0 Å². The third-order valence-corrected chi connectivity index (χ3v) is 0.394. The molecule has 1 aliphatic rings. The molecule has 24 valence electrons. The van der Waals surface area contributed by atoms with E-state index in [0.29, 0.717) is 0 Å². The first-order valence-corrected chi connectivity index (χ1v) is 1.40. The molecule has 1 aliphatic heterocycles. The quantitative estimate of drug-likeness (QED) is 0.402. The van der Waals surface area contributed by atoms with Gasteiger partial charge in [-0.25, -0.2) is 0 Å². The summed E-state index contributed by atoms with van der Waals surface area (Å²) in [6, 6.07) is 0. The molecule has 1 rings (SSSR count). The summed E-state index contributed by atoms with van der Waals surface area (Å²) in [7, 11) is 0. The van der Waals surface area contributed by atoms with Crippen LogP contribution in [-0.2, 0) is 0 Å². The van der Waals surface area contributed by atoms with Gasteiger partial charge in [-0.3, -0.25) is 0 Å². The molecule has 1 heteroatoms. The minimum atomic E-state index is 1.69. The molecular weight excluding hydrogens is 62.1 g/mol. The van der Waals surface area contributed by atoms with Crippen LogP contribution in [0.2, 0.25) is 0 Å². The van der Waals surface area contributed by atoms with Gasteiger partial charge in [-0.05, 0) is 0 Å². The molecule has 0 aromatic heterocycles. The summed E-state index contributed by atoms with van der Waals surface area (Å²) in [5, 5.41) is 2.75. The van der Waals surface area contributed by atoms with Gasteiger partial charge in [-0.1, -0.05) is 11.5 Å². The maximum atomic E-state index is 2.75. The zero-order chi connectivity index (χ0) is 3.54. The molecule has 0 unspecified atom stereocenters. The zero-order valence-electron chi connectivity index (χ0n) is 2.65. The van der Waals surface area contributed by atoms with Crippen molar-refractivity contribution in [3.05, 3.63) is 23.9 Å². The van der Waals surface area contributed by atoms with Crippen LogP contribution in [0, 0.1) is 0 Å². The van der Waals surface area contributed by atoms with Gasteiger partial charge in [0.2, 0.25) is 0 Å². The molecular formula is C4H3N. The Morgan fingerprint density at radius 2 is 1.80 bits per heavy atom. The van der Waals surface area contributed by atoms with Crippen LogP contribution in [0.25, 0.3) is 0 Å². The van der Waals surface area contributed by atoms with Gasteiger partial charge >= 0.3 is 0 Å². The van der Waals surface area contributed by atoms with E-state index < -0.39 is 0 Å². The predicted molar refractivity (Wildman–Crippen MR) is 19.3 cm³/mol. The van der Waals surface area contributed by atoms with E-state index in [0.717, 1.165) is 0 Å². The minimum absolute atomic E-state index is 1.69. The van der Waals surface area contributed by atoms with Gasteiger partial charge < -0.3 is 5.32 Å². The molecule has 0 aromatic rings. The standard InChI is InChI=1S/C4H3N/c1-2-4-5-3-1/h3-5H. The Kier molecular flexibility index (Phi) is 0.381. The van der Waals surface area contributed by atoms with E-state index in [2.05, 4.69) is 16.8 Å².